The van der Waals surface area contributed by atoms with Crippen LogP contribution in [0.3, 0.4) is 0 Å². The molecule has 0 atom stereocenters. The largest absolute Gasteiger partial charge is 0.491 e. The number of nitrogens with zero attached hydrogens (tertiary/aromatic N) is 1. The standard InChI is InChI=1S/C26H38N2O2/c1-20-10-7-11-21(2)25(20)29-18-24(27-14-9-17-28-15-5-6-16-28)19-30-26-22(3)12-8-13-23(26)4/h7-8,10-13,24,27H,5-6,9,14-19H2,1-4H3. The predicted molar refractivity (Wildman–Crippen MR) is 125 cm³/mol. The van der Waals surface area contributed by atoms with E-state index in [1.807, 2.05) is 0 Å². The van der Waals surface area contributed by atoms with Crippen molar-refractivity contribution in [3.63, 3.8) is 0 Å². The lowest BCUT2D eigenvalue weighted by molar-refractivity contribution is 0.192. The molecule has 30 heavy (non-hydrogen) atoms. The normalized spacial score (nSPS) is 14.4. The fourth-order valence-corrected chi connectivity index (χ4v) is 4.20. The first kappa shape index (κ1) is 22.6. The molecule has 2 aromatic rings. The van der Waals surface area contributed by atoms with E-state index in [-0.39, 0.29) is 6.04 Å². The molecule has 0 aromatic heterocycles. The Bertz CT molecular complexity index is 704. The maximum atomic E-state index is 6.26. The Morgan fingerprint density at radius 3 is 1.73 bits per heavy atom. The fraction of sp³-hybridized carbons (Fsp3) is 0.538. The van der Waals surface area contributed by atoms with Gasteiger partial charge in [-0.2, -0.15) is 0 Å². The van der Waals surface area contributed by atoms with Crippen LogP contribution < -0.4 is 14.8 Å². The number of likely N-dealkylation sites (tertiary alicyclic amines) is 1. The third-order valence-corrected chi connectivity index (χ3v) is 5.96. The molecule has 0 aliphatic carbocycles. The van der Waals surface area contributed by atoms with Crippen LogP contribution in [0.5, 0.6) is 11.5 Å². The van der Waals surface area contributed by atoms with Gasteiger partial charge in [-0.1, -0.05) is 36.4 Å². The second-order valence-corrected chi connectivity index (χ2v) is 8.62. The molecule has 4 nitrogen and oxygen atoms in total. The number of benzene rings is 2. The van der Waals surface area contributed by atoms with Gasteiger partial charge in [0.25, 0.3) is 0 Å². The first-order valence-corrected chi connectivity index (χ1v) is 11.4. The quantitative estimate of drug-likeness (QED) is 0.539. The van der Waals surface area contributed by atoms with Crippen molar-refractivity contribution < 1.29 is 9.47 Å². The topological polar surface area (TPSA) is 33.7 Å². The molecule has 0 radical (unpaired) electrons. The summed E-state index contributed by atoms with van der Waals surface area (Å²) in [6.07, 6.45) is 3.86. The number of nitrogens with one attached hydrogen (secondary N) is 1. The minimum absolute atomic E-state index is 0.140. The molecule has 1 heterocycles. The maximum Gasteiger partial charge on any atom is 0.125 e. The molecule has 1 fully saturated rings. The SMILES string of the molecule is Cc1cccc(C)c1OCC(COc1c(C)cccc1C)NCCCN1CCCC1. The van der Waals surface area contributed by atoms with Crippen LogP contribution in [0.15, 0.2) is 36.4 Å². The van der Waals surface area contributed by atoms with E-state index in [0.717, 1.165) is 24.5 Å². The minimum atomic E-state index is 0.140. The Labute approximate surface area is 182 Å². The van der Waals surface area contributed by atoms with E-state index in [1.165, 1.54) is 54.7 Å². The summed E-state index contributed by atoms with van der Waals surface area (Å²) in [6, 6.07) is 12.7. The van der Waals surface area contributed by atoms with Crippen LogP contribution in [0.25, 0.3) is 0 Å². The Morgan fingerprint density at radius 1 is 0.800 bits per heavy atom. The molecule has 2 aromatic carbocycles. The highest BCUT2D eigenvalue weighted by molar-refractivity contribution is 5.40. The van der Waals surface area contributed by atoms with Crippen LogP contribution in [-0.2, 0) is 0 Å². The molecule has 0 spiro atoms. The van der Waals surface area contributed by atoms with E-state index < -0.39 is 0 Å². The smallest absolute Gasteiger partial charge is 0.125 e. The summed E-state index contributed by atoms with van der Waals surface area (Å²) >= 11 is 0. The minimum Gasteiger partial charge on any atom is -0.491 e. The molecule has 0 bridgehead atoms. The predicted octanol–water partition coefficient (Wildman–Crippen LogP) is 4.82. The van der Waals surface area contributed by atoms with Crippen molar-refractivity contribution in [3.05, 3.63) is 58.7 Å². The third kappa shape index (κ3) is 6.48. The summed E-state index contributed by atoms with van der Waals surface area (Å²) in [6.45, 7) is 14.3. The van der Waals surface area contributed by atoms with Crippen LogP contribution in [0.1, 0.15) is 41.5 Å². The Balaban J connectivity index is 1.57. The van der Waals surface area contributed by atoms with Crippen molar-refractivity contribution in [2.24, 2.45) is 0 Å². The van der Waals surface area contributed by atoms with Gasteiger partial charge in [0.1, 0.15) is 24.7 Å². The second kappa shape index (κ2) is 11.4. The molecule has 1 saturated heterocycles. The lowest BCUT2D eigenvalue weighted by Gasteiger charge is -2.23. The van der Waals surface area contributed by atoms with E-state index in [4.69, 9.17) is 9.47 Å². The Hall–Kier alpha value is -2.04. The first-order valence-electron chi connectivity index (χ1n) is 11.4. The number of para-hydroxylation sites is 2. The fourth-order valence-electron chi connectivity index (χ4n) is 4.20. The van der Waals surface area contributed by atoms with Gasteiger partial charge >= 0.3 is 0 Å². The molecule has 1 aliphatic heterocycles. The zero-order chi connectivity index (χ0) is 21.3. The van der Waals surface area contributed by atoms with E-state index in [2.05, 4.69) is 74.3 Å². The number of hydrogen-bond acceptors (Lipinski definition) is 4. The van der Waals surface area contributed by atoms with Gasteiger partial charge < -0.3 is 19.7 Å². The monoisotopic (exact) mass is 410 g/mol. The van der Waals surface area contributed by atoms with Gasteiger partial charge in [-0.05, 0) is 95.4 Å². The molecule has 1 aliphatic rings. The molecule has 0 saturated carbocycles. The summed E-state index contributed by atoms with van der Waals surface area (Å²) < 4.78 is 12.5. The summed E-state index contributed by atoms with van der Waals surface area (Å²) in [4.78, 5) is 2.57. The summed E-state index contributed by atoms with van der Waals surface area (Å²) in [5, 5.41) is 3.69. The molecule has 164 valence electrons. The van der Waals surface area contributed by atoms with Crippen molar-refractivity contribution in [1.29, 1.82) is 0 Å². The highest BCUT2D eigenvalue weighted by atomic mass is 16.5. The van der Waals surface area contributed by atoms with Crippen molar-refractivity contribution in [2.75, 3.05) is 39.4 Å². The lowest BCUT2D eigenvalue weighted by Crippen LogP contribution is -2.41. The Kier molecular flexibility index (Phi) is 8.59. The molecule has 0 unspecified atom stereocenters. The van der Waals surface area contributed by atoms with Crippen LogP contribution in [0, 0.1) is 27.7 Å². The zero-order valence-corrected chi connectivity index (χ0v) is 19.2. The van der Waals surface area contributed by atoms with Crippen LogP contribution >= 0.6 is 0 Å². The summed E-state index contributed by atoms with van der Waals surface area (Å²) in [5.74, 6) is 1.99. The molecular formula is C26H38N2O2. The molecule has 0 amide bonds. The van der Waals surface area contributed by atoms with Crippen molar-refractivity contribution >= 4 is 0 Å². The zero-order valence-electron chi connectivity index (χ0n) is 19.2. The number of hydrogen-bond donors (Lipinski definition) is 1. The van der Waals surface area contributed by atoms with E-state index >= 15 is 0 Å². The molecular weight excluding hydrogens is 372 g/mol. The molecule has 1 N–H and O–H groups in total. The number of aryl methyl sites for hydroxylation is 4. The Morgan fingerprint density at radius 2 is 1.27 bits per heavy atom. The van der Waals surface area contributed by atoms with E-state index in [0.29, 0.717) is 13.2 Å². The van der Waals surface area contributed by atoms with Gasteiger partial charge in [0, 0.05) is 0 Å². The molecule has 3 rings (SSSR count). The van der Waals surface area contributed by atoms with Gasteiger partial charge in [-0.15, -0.1) is 0 Å². The van der Waals surface area contributed by atoms with Gasteiger partial charge in [0.2, 0.25) is 0 Å². The summed E-state index contributed by atoms with van der Waals surface area (Å²) in [5.41, 5.74) is 4.72. The second-order valence-electron chi connectivity index (χ2n) is 8.62. The first-order chi connectivity index (χ1) is 14.5. The van der Waals surface area contributed by atoms with Crippen LogP contribution in [0.2, 0.25) is 0 Å². The van der Waals surface area contributed by atoms with E-state index in [9.17, 15) is 0 Å². The van der Waals surface area contributed by atoms with Gasteiger partial charge in [0.15, 0.2) is 0 Å². The van der Waals surface area contributed by atoms with Gasteiger partial charge in [-0.3, -0.25) is 0 Å². The number of ether oxygens (including phenoxy) is 2. The summed E-state index contributed by atoms with van der Waals surface area (Å²) in [7, 11) is 0. The van der Waals surface area contributed by atoms with Crippen molar-refractivity contribution in [3.8, 4) is 11.5 Å². The number of rotatable bonds is 11. The highest BCUT2D eigenvalue weighted by Gasteiger charge is 2.15. The van der Waals surface area contributed by atoms with Gasteiger partial charge in [-0.25, -0.2) is 0 Å². The van der Waals surface area contributed by atoms with Gasteiger partial charge in [0.05, 0.1) is 6.04 Å². The van der Waals surface area contributed by atoms with Crippen LogP contribution in [0.4, 0.5) is 0 Å². The average Bonchev–Trinajstić information content (AvgIpc) is 3.23. The maximum absolute atomic E-state index is 6.26. The van der Waals surface area contributed by atoms with E-state index in [1.54, 1.807) is 0 Å². The third-order valence-electron chi connectivity index (χ3n) is 5.96. The highest BCUT2D eigenvalue weighted by Crippen LogP contribution is 2.24. The molecule has 4 heteroatoms. The van der Waals surface area contributed by atoms with Crippen molar-refractivity contribution in [1.82, 2.24) is 10.2 Å². The lowest BCUT2D eigenvalue weighted by atomic mass is 10.1. The van der Waals surface area contributed by atoms with Crippen LogP contribution in [-0.4, -0.2) is 50.3 Å². The average molecular weight is 411 g/mol. The van der Waals surface area contributed by atoms with Crippen molar-refractivity contribution in [2.45, 2.75) is 53.0 Å².